The number of aryl methyl sites for hydroxylation is 1. The molecule has 2 aromatic rings. The first kappa shape index (κ1) is 29.9. The number of carbonyl (C=O) groups excluding carboxylic acids is 1. The van der Waals surface area contributed by atoms with E-state index in [0.717, 1.165) is 0 Å². The summed E-state index contributed by atoms with van der Waals surface area (Å²) in [7, 11) is 0. The van der Waals surface area contributed by atoms with E-state index in [-0.39, 0.29) is 5.91 Å². The Balaban J connectivity index is 1.73. The highest BCUT2D eigenvalue weighted by Gasteiger charge is 2.52. The molecule has 0 aromatic heterocycles. The molecule has 0 unspecified atom stereocenters. The molecule has 1 aliphatic rings. The third-order valence-electron chi connectivity index (χ3n) is 6.28. The van der Waals surface area contributed by atoms with Crippen LogP contribution in [0, 0.1) is 6.92 Å². The molecule has 5 atom stereocenters. The van der Waals surface area contributed by atoms with Crippen LogP contribution in [0.25, 0.3) is 11.1 Å². The van der Waals surface area contributed by atoms with Crippen molar-refractivity contribution >= 4 is 5.91 Å². The highest BCUT2D eigenvalue weighted by molar-refractivity contribution is 5.95. The predicted molar refractivity (Wildman–Crippen MR) is 139 cm³/mol. The minimum atomic E-state index is -1.77. The zero-order valence-electron chi connectivity index (χ0n) is 21.7. The maximum Gasteiger partial charge on any atom is 0.251 e. The van der Waals surface area contributed by atoms with Crippen molar-refractivity contribution in [1.29, 1.82) is 0 Å². The summed E-state index contributed by atoms with van der Waals surface area (Å²) in [5.41, 5.74) is 7.80. The van der Waals surface area contributed by atoms with Crippen LogP contribution < -0.4 is 15.8 Å². The molecule has 2 aromatic carbocycles. The highest BCUT2D eigenvalue weighted by atomic mass is 16.7. The van der Waals surface area contributed by atoms with E-state index in [4.69, 9.17) is 24.7 Å². The summed E-state index contributed by atoms with van der Waals surface area (Å²) in [5.74, 6) is -1.68. The van der Waals surface area contributed by atoms with Gasteiger partial charge in [-0.05, 0) is 30.2 Å². The summed E-state index contributed by atoms with van der Waals surface area (Å²) in [5, 5.41) is 43.5. The molecule has 0 aliphatic carbocycles. The van der Waals surface area contributed by atoms with Crippen LogP contribution in [0.15, 0.2) is 42.5 Å². The van der Waals surface area contributed by atoms with Gasteiger partial charge in [0.15, 0.2) is 0 Å². The molecule has 1 amide bonds. The molecule has 0 saturated carbocycles. The molecule has 1 saturated heterocycles. The number of nitrogens with one attached hydrogen (secondary N) is 1. The Hall–Kier alpha value is -2.61. The van der Waals surface area contributed by atoms with E-state index in [1.165, 1.54) is 6.92 Å². The van der Waals surface area contributed by atoms with Crippen LogP contribution in [0.5, 0.6) is 5.75 Å². The molecule has 0 spiro atoms. The third kappa shape index (κ3) is 7.28. The Labute approximate surface area is 222 Å². The number of rotatable bonds is 13. The van der Waals surface area contributed by atoms with Crippen molar-refractivity contribution < 1.29 is 44.2 Å². The number of aliphatic hydroxyl groups excluding tert-OH is 4. The number of nitrogens with two attached hydrogens (primary N) is 1. The fraction of sp³-hybridized carbons (Fsp3) is 0.519. The van der Waals surface area contributed by atoms with Gasteiger partial charge in [0.2, 0.25) is 5.79 Å². The Morgan fingerprint density at radius 3 is 2.47 bits per heavy atom. The first-order valence-corrected chi connectivity index (χ1v) is 12.6. The molecule has 1 aliphatic heterocycles. The van der Waals surface area contributed by atoms with Gasteiger partial charge in [-0.2, -0.15) is 0 Å². The lowest BCUT2D eigenvalue weighted by molar-refractivity contribution is -0.329. The molecule has 0 radical (unpaired) electrons. The van der Waals surface area contributed by atoms with Crippen LogP contribution in [0.2, 0.25) is 0 Å². The van der Waals surface area contributed by atoms with E-state index in [1.54, 1.807) is 24.3 Å². The van der Waals surface area contributed by atoms with Crippen LogP contribution in [-0.2, 0) is 14.2 Å². The molecule has 11 nitrogen and oxygen atoms in total. The van der Waals surface area contributed by atoms with Gasteiger partial charge < -0.3 is 50.4 Å². The third-order valence-corrected chi connectivity index (χ3v) is 6.28. The standard InChI is InChI=1S/C27H38N2O9/c1-17-5-3-8-20(24(17)38-27(2)25(33)23(32)22(31)21(16-30)37-27)18-6-4-7-19(15-18)26(34)29-10-12-36-14-13-35-11-9-28/h3-8,15,21-23,25,30-33H,9-14,16,28H2,1-2H3,(H,29,34)/t21-,22-,23+,25+,27-/m1/s1. The average Bonchev–Trinajstić information content (AvgIpc) is 2.92. The monoisotopic (exact) mass is 534 g/mol. The summed E-state index contributed by atoms with van der Waals surface area (Å²) in [6.45, 7) is 5.11. The zero-order chi connectivity index (χ0) is 27.7. The van der Waals surface area contributed by atoms with Gasteiger partial charge in [-0.15, -0.1) is 0 Å². The number of aliphatic hydroxyl groups is 4. The van der Waals surface area contributed by atoms with Gasteiger partial charge in [0, 0.05) is 31.1 Å². The molecular weight excluding hydrogens is 496 g/mol. The van der Waals surface area contributed by atoms with Crippen molar-refractivity contribution in [2.24, 2.45) is 5.73 Å². The topological polar surface area (TPSA) is 173 Å². The lowest BCUT2D eigenvalue weighted by Crippen LogP contribution is -2.66. The summed E-state index contributed by atoms with van der Waals surface area (Å²) in [6, 6.07) is 12.4. The SMILES string of the molecule is Cc1cccc(-c2cccc(C(=O)NCCOCCOCCN)c2)c1O[C@@]1(C)O[C@H](CO)[C@@H](O)[C@H](O)[C@@H]1O. The molecule has 0 bridgehead atoms. The number of carbonyl (C=O) groups is 1. The smallest absolute Gasteiger partial charge is 0.251 e. The fourth-order valence-corrected chi connectivity index (χ4v) is 4.18. The lowest BCUT2D eigenvalue weighted by atomic mass is 9.93. The summed E-state index contributed by atoms with van der Waals surface area (Å²) in [6.07, 6.45) is -5.82. The molecule has 1 fully saturated rings. The minimum Gasteiger partial charge on any atom is -0.459 e. The molecule has 3 rings (SSSR count). The minimum absolute atomic E-state index is 0.272. The Morgan fingerprint density at radius 2 is 1.76 bits per heavy atom. The molecular formula is C27H38N2O9. The van der Waals surface area contributed by atoms with Crippen LogP contribution in [0.4, 0.5) is 0 Å². The van der Waals surface area contributed by atoms with Crippen molar-refractivity contribution in [3.8, 4) is 16.9 Å². The van der Waals surface area contributed by atoms with E-state index in [2.05, 4.69) is 5.32 Å². The molecule has 210 valence electrons. The van der Waals surface area contributed by atoms with Crippen molar-refractivity contribution in [2.75, 3.05) is 46.1 Å². The van der Waals surface area contributed by atoms with E-state index in [1.807, 2.05) is 25.1 Å². The first-order valence-electron chi connectivity index (χ1n) is 12.6. The van der Waals surface area contributed by atoms with Gasteiger partial charge in [0.05, 0.1) is 33.0 Å². The summed E-state index contributed by atoms with van der Waals surface area (Å²) < 4.78 is 22.5. The Kier molecular flexibility index (Phi) is 11.0. The maximum absolute atomic E-state index is 12.7. The summed E-state index contributed by atoms with van der Waals surface area (Å²) in [4.78, 5) is 12.7. The van der Waals surface area contributed by atoms with Crippen LogP contribution in [-0.4, -0.2) is 103 Å². The molecule has 11 heteroatoms. The van der Waals surface area contributed by atoms with Gasteiger partial charge in [-0.3, -0.25) is 4.79 Å². The maximum atomic E-state index is 12.7. The van der Waals surface area contributed by atoms with Gasteiger partial charge in [0.1, 0.15) is 30.2 Å². The Morgan fingerprint density at radius 1 is 1.05 bits per heavy atom. The second kappa shape index (κ2) is 14.0. The number of benzene rings is 2. The second-order valence-corrected chi connectivity index (χ2v) is 9.18. The first-order chi connectivity index (χ1) is 18.2. The van der Waals surface area contributed by atoms with Gasteiger partial charge >= 0.3 is 0 Å². The van der Waals surface area contributed by atoms with E-state index >= 15 is 0 Å². The second-order valence-electron chi connectivity index (χ2n) is 9.18. The van der Waals surface area contributed by atoms with Crippen LogP contribution in [0.3, 0.4) is 0 Å². The number of hydrogen-bond acceptors (Lipinski definition) is 10. The number of hydrogen-bond donors (Lipinski definition) is 6. The zero-order valence-corrected chi connectivity index (χ0v) is 21.7. The van der Waals surface area contributed by atoms with E-state index < -0.39 is 36.8 Å². The number of ether oxygens (including phenoxy) is 4. The largest absolute Gasteiger partial charge is 0.459 e. The lowest BCUT2D eigenvalue weighted by Gasteiger charge is -2.46. The van der Waals surface area contributed by atoms with Crippen LogP contribution >= 0.6 is 0 Å². The molecule has 7 N–H and O–H groups in total. The van der Waals surface area contributed by atoms with Crippen molar-refractivity contribution in [2.45, 2.75) is 44.1 Å². The molecule has 1 heterocycles. The fourth-order valence-electron chi connectivity index (χ4n) is 4.18. The van der Waals surface area contributed by atoms with E-state index in [0.29, 0.717) is 67.5 Å². The van der Waals surface area contributed by atoms with Gasteiger partial charge in [0.25, 0.3) is 5.91 Å². The van der Waals surface area contributed by atoms with Crippen molar-refractivity contribution in [3.05, 3.63) is 53.6 Å². The average molecular weight is 535 g/mol. The summed E-state index contributed by atoms with van der Waals surface area (Å²) >= 11 is 0. The highest BCUT2D eigenvalue weighted by Crippen LogP contribution is 2.39. The molecule has 38 heavy (non-hydrogen) atoms. The Bertz CT molecular complexity index is 1050. The van der Waals surface area contributed by atoms with Crippen molar-refractivity contribution in [1.82, 2.24) is 5.32 Å². The quantitative estimate of drug-likeness (QED) is 0.191. The normalized spacial score (nSPS) is 25.2. The van der Waals surface area contributed by atoms with Gasteiger partial charge in [-0.1, -0.05) is 30.3 Å². The number of amides is 1. The van der Waals surface area contributed by atoms with E-state index in [9.17, 15) is 25.2 Å². The number of para-hydroxylation sites is 1. The van der Waals surface area contributed by atoms with Gasteiger partial charge in [-0.25, -0.2) is 0 Å². The van der Waals surface area contributed by atoms with Crippen LogP contribution in [0.1, 0.15) is 22.8 Å². The van der Waals surface area contributed by atoms with Crippen molar-refractivity contribution in [3.63, 3.8) is 0 Å². The predicted octanol–water partition coefficient (Wildman–Crippen LogP) is -0.0475.